The minimum Gasteiger partial charge on any atom is -0.338 e. The van der Waals surface area contributed by atoms with Crippen LogP contribution in [-0.2, 0) is 0 Å². The molecule has 0 aromatic heterocycles. The van der Waals surface area contributed by atoms with Gasteiger partial charge < -0.3 is 10.6 Å². The second-order valence-electron chi connectivity index (χ2n) is 5.37. The molecule has 1 fully saturated rings. The number of hydrogen-bond acceptors (Lipinski definition) is 2. The molecule has 0 spiro atoms. The van der Waals surface area contributed by atoms with E-state index in [-0.39, 0.29) is 5.56 Å². The molecule has 5 heteroatoms. The maximum absolute atomic E-state index is 14.0. The van der Waals surface area contributed by atoms with E-state index < -0.39 is 23.1 Å². The van der Waals surface area contributed by atoms with Gasteiger partial charge in [0.1, 0.15) is 17.2 Å². The van der Waals surface area contributed by atoms with Gasteiger partial charge >= 0.3 is 0 Å². The lowest BCUT2D eigenvalue weighted by atomic mass is 9.93. The number of hydrogen-bond donors (Lipinski definition) is 1. The van der Waals surface area contributed by atoms with Crippen molar-refractivity contribution >= 4 is 5.91 Å². The van der Waals surface area contributed by atoms with Crippen LogP contribution in [0.2, 0.25) is 0 Å². The van der Waals surface area contributed by atoms with Crippen LogP contribution in [0.1, 0.15) is 35.2 Å². The molecule has 0 saturated carbocycles. The molecule has 3 nitrogen and oxygen atoms in total. The van der Waals surface area contributed by atoms with Crippen LogP contribution in [0.15, 0.2) is 12.1 Å². The summed E-state index contributed by atoms with van der Waals surface area (Å²) in [5, 5.41) is 0. The fraction of sp³-hybridized carbons (Fsp3) is 0.533. The zero-order valence-corrected chi connectivity index (χ0v) is 11.7. The van der Waals surface area contributed by atoms with Crippen molar-refractivity contribution < 1.29 is 13.6 Å². The fourth-order valence-corrected chi connectivity index (χ4v) is 2.67. The van der Waals surface area contributed by atoms with E-state index in [1.54, 1.807) is 0 Å². The van der Waals surface area contributed by atoms with Crippen LogP contribution in [0.5, 0.6) is 0 Å². The second kappa shape index (κ2) is 6.31. The van der Waals surface area contributed by atoms with Crippen molar-refractivity contribution in [3.8, 4) is 0 Å². The third-order valence-corrected chi connectivity index (χ3v) is 3.97. The number of likely N-dealkylation sites (tertiary alicyclic amines) is 1. The van der Waals surface area contributed by atoms with E-state index >= 15 is 0 Å². The Morgan fingerprint density at radius 2 is 2.00 bits per heavy atom. The first-order valence-electron chi connectivity index (χ1n) is 6.98. The van der Waals surface area contributed by atoms with Crippen molar-refractivity contribution in [3.63, 3.8) is 0 Å². The molecule has 1 amide bonds. The van der Waals surface area contributed by atoms with Gasteiger partial charge in [-0.2, -0.15) is 0 Å². The highest BCUT2D eigenvalue weighted by Crippen LogP contribution is 2.24. The zero-order valence-electron chi connectivity index (χ0n) is 11.7. The van der Waals surface area contributed by atoms with Crippen LogP contribution in [0, 0.1) is 24.5 Å². The molecule has 1 aromatic carbocycles. The Bertz CT molecular complexity index is 497. The van der Waals surface area contributed by atoms with Crippen LogP contribution in [0.3, 0.4) is 0 Å². The Hall–Kier alpha value is -1.49. The molecule has 1 heterocycles. The van der Waals surface area contributed by atoms with Crippen LogP contribution < -0.4 is 5.73 Å². The number of halogens is 2. The van der Waals surface area contributed by atoms with Gasteiger partial charge in [-0.05, 0) is 50.3 Å². The largest absolute Gasteiger partial charge is 0.338 e. The summed E-state index contributed by atoms with van der Waals surface area (Å²) in [6.45, 7) is 3.24. The van der Waals surface area contributed by atoms with Crippen molar-refractivity contribution in [1.82, 2.24) is 4.90 Å². The highest BCUT2D eigenvalue weighted by Gasteiger charge is 2.27. The predicted octanol–water partition coefficient (Wildman–Crippen LogP) is 2.47. The van der Waals surface area contributed by atoms with Crippen molar-refractivity contribution in [2.24, 2.45) is 11.7 Å². The molecule has 0 radical (unpaired) electrons. The quantitative estimate of drug-likeness (QED) is 0.925. The van der Waals surface area contributed by atoms with Gasteiger partial charge in [-0.15, -0.1) is 0 Å². The van der Waals surface area contributed by atoms with Gasteiger partial charge in [-0.3, -0.25) is 4.79 Å². The number of nitrogens with zero attached hydrogens (tertiary/aromatic N) is 1. The van der Waals surface area contributed by atoms with E-state index in [0.717, 1.165) is 25.3 Å². The molecule has 1 aliphatic rings. The van der Waals surface area contributed by atoms with Gasteiger partial charge in [0.05, 0.1) is 0 Å². The molecule has 0 unspecified atom stereocenters. The third kappa shape index (κ3) is 2.98. The normalized spacial score (nSPS) is 16.5. The zero-order chi connectivity index (χ0) is 14.7. The summed E-state index contributed by atoms with van der Waals surface area (Å²) in [7, 11) is 0. The van der Waals surface area contributed by atoms with Crippen molar-refractivity contribution in [2.45, 2.75) is 26.2 Å². The predicted molar refractivity (Wildman–Crippen MR) is 73.4 cm³/mol. The molecular formula is C15H20F2N2O. The van der Waals surface area contributed by atoms with Crippen LogP contribution in [-0.4, -0.2) is 30.4 Å². The Kier molecular flexibility index (Phi) is 4.70. The first-order chi connectivity index (χ1) is 9.54. The van der Waals surface area contributed by atoms with Crippen molar-refractivity contribution in [2.75, 3.05) is 19.6 Å². The van der Waals surface area contributed by atoms with E-state index in [1.807, 2.05) is 0 Å². The number of carbonyl (C=O) groups is 1. The average molecular weight is 282 g/mol. The molecule has 2 N–H and O–H groups in total. The Morgan fingerprint density at radius 1 is 1.35 bits per heavy atom. The minimum absolute atomic E-state index is 0.285. The Morgan fingerprint density at radius 3 is 2.60 bits per heavy atom. The van der Waals surface area contributed by atoms with E-state index in [0.29, 0.717) is 25.6 Å². The van der Waals surface area contributed by atoms with E-state index in [2.05, 4.69) is 0 Å². The van der Waals surface area contributed by atoms with Crippen LogP contribution in [0.4, 0.5) is 8.78 Å². The van der Waals surface area contributed by atoms with Gasteiger partial charge in [0.2, 0.25) is 0 Å². The number of piperidine rings is 1. The van der Waals surface area contributed by atoms with E-state index in [4.69, 9.17) is 5.73 Å². The van der Waals surface area contributed by atoms with Gasteiger partial charge in [-0.25, -0.2) is 8.78 Å². The van der Waals surface area contributed by atoms with Crippen LogP contribution >= 0.6 is 0 Å². The number of carbonyl (C=O) groups excluding carboxylic acids is 1. The third-order valence-electron chi connectivity index (χ3n) is 3.97. The monoisotopic (exact) mass is 282 g/mol. The topological polar surface area (TPSA) is 46.3 Å². The molecule has 0 atom stereocenters. The molecule has 110 valence electrons. The summed E-state index contributed by atoms with van der Waals surface area (Å²) in [6, 6.07) is 2.49. The summed E-state index contributed by atoms with van der Waals surface area (Å²) in [6.07, 6.45) is 2.63. The lowest BCUT2D eigenvalue weighted by Gasteiger charge is -2.32. The fourth-order valence-electron chi connectivity index (χ4n) is 2.67. The number of nitrogens with two attached hydrogens (primary N) is 1. The van der Waals surface area contributed by atoms with Gasteiger partial charge in [0.25, 0.3) is 5.91 Å². The van der Waals surface area contributed by atoms with Crippen molar-refractivity contribution in [3.05, 3.63) is 34.9 Å². The molecule has 0 bridgehead atoms. The molecule has 20 heavy (non-hydrogen) atoms. The number of aryl methyl sites for hydroxylation is 1. The van der Waals surface area contributed by atoms with Gasteiger partial charge in [-0.1, -0.05) is 6.07 Å². The highest BCUT2D eigenvalue weighted by atomic mass is 19.1. The summed E-state index contributed by atoms with van der Waals surface area (Å²) < 4.78 is 27.7. The molecule has 1 aliphatic heterocycles. The van der Waals surface area contributed by atoms with Gasteiger partial charge in [0.15, 0.2) is 0 Å². The molecule has 1 saturated heterocycles. The smallest absolute Gasteiger partial charge is 0.259 e. The number of amides is 1. The number of rotatable bonds is 3. The van der Waals surface area contributed by atoms with E-state index in [9.17, 15) is 13.6 Å². The summed E-state index contributed by atoms with van der Waals surface area (Å²) >= 11 is 0. The molecule has 0 aliphatic carbocycles. The summed E-state index contributed by atoms with van der Waals surface area (Å²) in [5.74, 6) is -1.58. The first kappa shape index (κ1) is 14.9. The van der Waals surface area contributed by atoms with Gasteiger partial charge in [0, 0.05) is 13.1 Å². The average Bonchev–Trinajstić information content (AvgIpc) is 2.44. The Balaban J connectivity index is 2.12. The second-order valence-corrected chi connectivity index (χ2v) is 5.37. The minimum atomic E-state index is -0.790. The maximum Gasteiger partial charge on any atom is 0.259 e. The van der Waals surface area contributed by atoms with Crippen molar-refractivity contribution in [1.29, 1.82) is 0 Å². The highest BCUT2D eigenvalue weighted by molar-refractivity contribution is 5.95. The first-order valence-corrected chi connectivity index (χ1v) is 6.98. The molecule has 1 aromatic rings. The molecular weight excluding hydrogens is 262 g/mol. The number of benzene rings is 1. The lowest BCUT2D eigenvalue weighted by Crippen LogP contribution is -2.39. The SMILES string of the molecule is Cc1ccc(F)c(C(=O)N2CCC(CCN)CC2)c1F. The molecule has 2 rings (SSSR count). The summed E-state index contributed by atoms with van der Waals surface area (Å²) in [4.78, 5) is 13.8. The van der Waals surface area contributed by atoms with E-state index in [1.165, 1.54) is 17.9 Å². The lowest BCUT2D eigenvalue weighted by molar-refractivity contribution is 0.0678. The Labute approximate surface area is 117 Å². The standard InChI is InChI=1S/C15H20F2N2O/c1-10-2-3-12(16)13(14(10)17)15(20)19-8-5-11(4-7-18)6-9-19/h2-3,11H,4-9,18H2,1H3. The summed E-state index contributed by atoms with van der Waals surface area (Å²) in [5.41, 5.74) is 5.38. The maximum atomic E-state index is 14.0. The van der Waals surface area contributed by atoms with Crippen LogP contribution in [0.25, 0.3) is 0 Å².